The average Bonchev–Trinajstić information content (AvgIpc) is 2.28. The van der Waals surface area contributed by atoms with Gasteiger partial charge in [0.2, 0.25) is 0 Å². The maximum absolute atomic E-state index is 12.1. The third kappa shape index (κ3) is 3.61. The van der Waals surface area contributed by atoms with Gasteiger partial charge in [-0.05, 0) is 24.6 Å². The Morgan fingerprint density at radius 1 is 1.29 bits per heavy atom. The molecule has 1 aromatic rings. The molecule has 0 spiro atoms. The van der Waals surface area contributed by atoms with Gasteiger partial charge < -0.3 is 14.6 Å². The normalized spacial score (nSPS) is 11.6. The van der Waals surface area contributed by atoms with Gasteiger partial charge in [-0.1, -0.05) is 12.0 Å². The summed E-state index contributed by atoms with van der Waals surface area (Å²) >= 11 is 0. The minimum Gasteiger partial charge on any atom is -0.493 e. The Bertz CT molecular complexity index is 435. The lowest BCUT2D eigenvalue weighted by Crippen LogP contribution is -2.05. The van der Waals surface area contributed by atoms with E-state index in [1.165, 1.54) is 25.3 Å². The van der Waals surface area contributed by atoms with Crippen LogP contribution in [0, 0.1) is 11.8 Å². The summed E-state index contributed by atoms with van der Waals surface area (Å²) in [7, 11) is 1.34. The Kier molecular flexibility index (Phi) is 4.73. The summed E-state index contributed by atoms with van der Waals surface area (Å²) in [6, 6.07) is 4.25. The first-order valence-corrected chi connectivity index (χ1v) is 4.81. The van der Waals surface area contributed by atoms with Gasteiger partial charge in [0.1, 0.15) is 6.10 Å². The summed E-state index contributed by atoms with van der Waals surface area (Å²) in [4.78, 5) is 0. The number of alkyl halides is 2. The lowest BCUT2D eigenvalue weighted by Gasteiger charge is -2.12. The fourth-order valence-corrected chi connectivity index (χ4v) is 1.27. The van der Waals surface area contributed by atoms with Crippen LogP contribution in [0.1, 0.15) is 18.6 Å². The van der Waals surface area contributed by atoms with Crippen LogP contribution in [-0.2, 0) is 0 Å². The quantitative estimate of drug-likeness (QED) is 0.824. The van der Waals surface area contributed by atoms with Crippen LogP contribution in [-0.4, -0.2) is 18.8 Å². The van der Waals surface area contributed by atoms with Gasteiger partial charge >= 0.3 is 6.61 Å². The summed E-state index contributed by atoms with van der Waals surface area (Å²) in [6.07, 6.45) is -1.04. The Balaban J connectivity index is 3.06. The molecular formula is C12H12F2O3. The highest BCUT2D eigenvalue weighted by Crippen LogP contribution is 2.31. The molecule has 0 heterocycles. The van der Waals surface area contributed by atoms with Crippen molar-refractivity contribution in [2.24, 2.45) is 0 Å². The highest BCUT2D eigenvalue weighted by Gasteiger charge is 2.13. The van der Waals surface area contributed by atoms with E-state index in [1.807, 2.05) is 0 Å². The smallest absolute Gasteiger partial charge is 0.387 e. The van der Waals surface area contributed by atoms with Crippen molar-refractivity contribution >= 4 is 0 Å². The summed E-state index contributed by atoms with van der Waals surface area (Å²) in [6.45, 7) is -1.38. The van der Waals surface area contributed by atoms with Crippen molar-refractivity contribution in [3.8, 4) is 23.3 Å². The predicted molar refractivity (Wildman–Crippen MR) is 58.0 cm³/mol. The second-order valence-electron chi connectivity index (χ2n) is 3.09. The first kappa shape index (κ1) is 13.3. The first-order valence-electron chi connectivity index (χ1n) is 4.81. The first-order chi connectivity index (χ1) is 8.08. The third-order valence-corrected chi connectivity index (χ3v) is 2.00. The van der Waals surface area contributed by atoms with E-state index in [0.717, 1.165) is 0 Å². The van der Waals surface area contributed by atoms with Gasteiger partial charge in [0, 0.05) is 0 Å². The van der Waals surface area contributed by atoms with Crippen LogP contribution < -0.4 is 9.47 Å². The minimum atomic E-state index is -2.95. The number of aliphatic hydroxyl groups is 1. The van der Waals surface area contributed by atoms with Crippen molar-refractivity contribution in [2.45, 2.75) is 19.6 Å². The van der Waals surface area contributed by atoms with E-state index in [9.17, 15) is 13.9 Å². The van der Waals surface area contributed by atoms with Gasteiger partial charge in [-0.3, -0.25) is 0 Å². The van der Waals surface area contributed by atoms with Crippen LogP contribution in [0.25, 0.3) is 0 Å². The van der Waals surface area contributed by atoms with E-state index in [2.05, 4.69) is 16.6 Å². The Morgan fingerprint density at radius 3 is 2.53 bits per heavy atom. The zero-order chi connectivity index (χ0) is 12.8. The predicted octanol–water partition coefficient (Wildman–Crippen LogP) is 2.35. The molecule has 1 rings (SSSR count). The molecule has 0 saturated heterocycles. The molecule has 5 heteroatoms. The molecule has 0 bridgehead atoms. The van der Waals surface area contributed by atoms with Gasteiger partial charge in [0.25, 0.3) is 0 Å². The van der Waals surface area contributed by atoms with E-state index in [0.29, 0.717) is 5.56 Å². The van der Waals surface area contributed by atoms with E-state index >= 15 is 0 Å². The lowest BCUT2D eigenvalue weighted by atomic mass is 10.1. The molecule has 1 aromatic carbocycles. The van der Waals surface area contributed by atoms with Crippen molar-refractivity contribution in [1.29, 1.82) is 0 Å². The number of aliphatic hydroxyl groups excluding tert-OH is 1. The molecule has 0 fully saturated rings. The molecule has 0 amide bonds. The summed E-state index contributed by atoms with van der Waals surface area (Å²) < 4.78 is 33.5. The van der Waals surface area contributed by atoms with Gasteiger partial charge in [0.05, 0.1) is 7.11 Å². The number of benzene rings is 1. The molecule has 3 nitrogen and oxygen atoms in total. The summed E-state index contributed by atoms with van der Waals surface area (Å²) in [5.74, 6) is 5.08. The van der Waals surface area contributed by atoms with Crippen molar-refractivity contribution < 1.29 is 23.4 Å². The van der Waals surface area contributed by atoms with Crippen LogP contribution in [0.15, 0.2) is 18.2 Å². The molecule has 1 unspecified atom stereocenters. The zero-order valence-electron chi connectivity index (χ0n) is 9.41. The van der Waals surface area contributed by atoms with Gasteiger partial charge in [-0.2, -0.15) is 8.78 Å². The van der Waals surface area contributed by atoms with Crippen LogP contribution >= 0.6 is 0 Å². The highest BCUT2D eigenvalue weighted by molar-refractivity contribution is 5.44. The topological polar surface area (TPSA) is 38.7 Å². The fourth-order valence-electron chi connectivity index (χ4n) is 1.27. The second kappa shape index (κ2) is 6.06. The largest absolute Gasteiger partial charge is 0.493 e. The van der Waals surface area contributed by atoms with Crippen LogP contribution in [0.3, 0.4) is 0 Å². The lowest BCUT2D eigenvalue weighted by molar-refractivity contribution is -0.0513. The molecule has 0 aromatic heterocycles. The van der Waals surface area contributed by atoms with Crippen molar-refractivity contribution in [3.05, 3.63) is 23.8 Å². The minimum absolute atomic E-state index is 0.128. The monoisotopic (exact) mass is 242 g/mol. The number of halogens is 2. The van der Waals surface area contributed by atoms with E-state index in [4.69, 9.17) is 4.74 Å². The van der Waals surface area contributed by atoms with Crippen LogP contribution in [0.2, 0.25) is 0 Å². The Morgan fingerprint density at radius 2 is 2.00 bits per heavy atom. The zero-order valence-corrected chi connectivity index (χ0v) is 9.41. The van der Waals surface area contributed by atoms with Crippen molar-refractivity contribution in [2.75, 3.05) is 7.11 Å². The molecule has 17 heavy (non-hydrogen) atoms. The molecule has 1 atom stereocenters. The fraction of sp³-hybridized carbons (Fsp3) is 0.333. The van der Waals surface area contributed by atoms with Gasteiger partial charge in [-0.15, -0.1) is 5.92 Å². The SMILES string of the molecule is CC#CC(O)c1ccc(OC)c(OC(F)F)c1. The van der Waals surface area contributed by atoms with Crippen LogP contribution in [0.4, 0.5) is 8.78 Å². The summed E-state index contributed by atoms with van der Waals surface area (Å²) in [5, 5.41) is 9.59. The van der Waals surface area contributed by atoms with E-state index in [-0.39, 0.29) is 11.5 Å². The second-order valence-corrected chi connectivity index (χ2v) is 3.09. The molecule has 92 valence electrons. The number of hydrogen-bond donors (Lipinski definition) is 1. The molecular weight excluding hydrogens is 230 g/mol. The number of rotatable bonds is 4. The van der Waals surface area contributed by atoms with E-state index < -0.39 is 12.7 Å². The maximum atomic E-state index is 12.1. The third-order valence-electron chi connectivity index (χ3n) is 2.00. The molecule has 0 radical (unpaired) electrons. The summed E-state index contributed by atoms with van der Waals surface area (Å²) in [5.41, 5.74) is 0.371. The van der Waals surface area contributed by atoms with E-state index in [1.54, 1.807) is 6.92 Å². The number of methoxy groups -OCH3 is 1. The molecule has 0 aliphatic rings. The Labute approximate surface area is 98.0 Å². The van der Waals surface area contributed by atoms with Gasteiger partial charge in [0.15, 0.2) is 11.5 Å². The van der Waals surface area contributed by atoms with Crippen molar-refractivity contribution in [3.63, 3.8) is 0 Å². The molecule has 0 aliphatic heterocycles. The maximum Gasteiger partial charge on any atom is 0.387 e. The molecule has 1 N–H and O–H groups in total. The molecule has 0 saturated carbocycles. The standard InChI is InChI=1S/C12H12F2O3/c1-3-4-9(15)8-5-6-10(16-2)11(7-8)17-12(13)14/h5-7,9,12,15H,1-2H3. The van der Waals surface area contributed by atoms with Crippen molar-refractivity contribution in [1.82, 2.24) is 0 Å². The average molecular weight is 242 g/mol. The number of ether oxygens (including phenoxy) is 2. The molecule has 0 aliphatic carbocycles. The number of hydrogen-bond acceptors (Lipinski definition) is 3. The van der Waals surface area contributed by atoms with Crippen LogP contribution in [0.5, 0.6) is 11.5 Å². The highest BCUT2D eigenvalue weighted by atomic mass is 19.3. The van der Waals surface area contributed by atoms with Gasteiger partial charge in [-0.25, -0.2) is 0 Å². The Hall–Kier alpha value is -1.80.